The summed E-state index contributed by atoms with van der Waals surface area (Å²) in [5, 5.41) is 4.99. The number of piperidine rings is 1. The molecule has 0 spiro atoms. The number of benzene rings is 2. The fourth-order valence-corrected chi connectivity index (χ4v) is 3.77. The quantitative estimate of drug-likeness (QED) is 0.636. The van der Waals surface area contributed by atoms with Gasteiger partial charge in [-0.25, -0.2) is 0 Å². The van der Waals surface area contributed by atoms with Crippen LogP contribution in [0.15, 0.2) is 67.0 Å². The van der Waals surface area contributed by atoms with Gasteiger partial charge in [-0.15, -0.1) is 0 Å². The van der Waals surface area contributed by atoms with Crippen LogP contribution >= 0.6 is 0 Å². The second-order valence-electron chi connectivity index (χ2n) is 7.31. The van der Waals surface area contributed by atoms with E-state index in [4.69, 9.17) is 0 Å². The number of rotatable bonds is 4. The van der Waals surface area contributed by atoms with Gasteiger partial charge in [0.2, 0.25) is 5.91 Å². The molecule has 1 saturated heterocycles. The summed E-state index contributed by atoms with van der Waals surface area (Å²) in [4.78, 5) is 19.1. The normalized spacial score (nSPS) is 14.9. The van der Waals surface area contributed by atoms with Gasteiger partial charge in [-0.3, -0.25) is 9.78 Å². The second-order valence-corrected chi connectivity index (χ2v) is 7.31. The molecule has 0 atom stereocenters. The third kappa shape index (κ3) is 4.06. The molecule has 1 aliphatic heterocycles. The first-order valence-corrected chi connectivity index (χ1v) is 9.88. The van der Waals surface area contributed by atoms with Crippen LogP contribution in [0.25, 0.3) is 16.3 Å². The first kappa shape index (κ1) is 18.2. The third-order valence-electron chi connectivity index (χ3n) is 5.33. The highest BCUT2D eigenvalue weighted by atomic mass is 16.1. The van der Waals surface area contributed by atoms with Crippen LogP contribution in [0, 0.1) is 0 Å². The third-order valence-corrected chi connectivity index (χ3v) is 5.33. The van der Waals surface area contributed by atoms with Gasteiger partial charge < -0.3 is 10.2 Å². The fourth-order valence-electron chi connectivity index (χ4n) is 3.77. The van der Waals surface area contributed by atoms with Gasteiger partial charge in [0.25, 0.3) is 0 Å². The molecule has 1 fully saturated rings. The maximum Gasteiger partial charge on any atom is 0.248 e. The van der Waals surface area contributed by atoms with Crippen LogP contribution < -0.4 is 10.2 Å². The van der Waals surface area contributed by atoms with Crippen molar-refractivity contribution in [3.63, 3.8) is 0 Å². The maximum absolute atomic E-state index is 12.5. The van der Waals surface area contributed by atoms with Crippen LogP contribution in [-0.2, 0) is 4.79 Å². The molecule has 0 radical (unpaired) electrons. The predicted molar refractivity (Wildman–Crippen MR) is 117 cm³/mol. The lowest BCUT2D eigenvalue weighted by molar-refractivity contribution is -0.111. The second kappa shape index (κ2) is 8.26. The zero-order chi connectivity index (χ0) is 19.3. The summed E-state index contributed by atoms with van der Waals surface area (Å²) < 4.78 is 0. The number of carbonyl (C=O) groups is 1. The molecule has 4 rings (SSSR count). The summed E-state index contributed by atoms with van der Waals surface area (Å²) in [5.74, 6) is -0.123. The number of anilines is 2. The molecule has 0 unspecified atom stereocenters. The number of nitrogens with zero attached hydrogens (tertiary/aromatic N) is 2. The number of fused-ring (bicyclic) bond motifs is 1. The van der Waals surface area contributed by atoms with Gasteiger partial charge in [0.05, 0.1) is 0 Å². The van der Waals surface area contributed by atoms with E-state index in [1.54, 1.807) is 18.5 Å². The monoisotopic (exact) mass is 371 g/mol. The predicted octanol–water partition coefficient (Wildman–Crippen LogP) is 5.27. The van der Waals surface area contributed by atoms with Crippen LogP contribution in [0.1, 0.15) is 31.7 Å². The van der Waals surface area contributed by atoms with E-state index >= 15 is 0 Å². The molecule has 142 valence electrons. The fraction of sp³-hybridized carbons (Fsp3) is 0.250. The summed E-state index contributed by atoms with van der Waals surface area (Å²) in [6.07, 6.45) is 9.07. The minimum absolute atomic E-state index is 0.123. The topological polar surface area (TPSA) is 45.2 Å². The molecule has 1 N–H and O–H groups in total. The first-order valence-electron chi connectivity index (χ1n) is 9.88. The molecule has 2 heterocycles. The Morgan fingerprint density at radius 3 is 2.61 bits per heavy atom. The SMILES string of the molecule is C/C(=C\C(=O)Nc1cccc2cnccc12)c1ccc(N2CCCCC2)cc1. The summed E-state index contributed by atoms with van der Waals surface area (Å²) in [6, 6.07) is 16.3. The van der Waals surface area contributed by atoms with Crippen LogP contribution in [0.5, 0.6) is 0 Å². The Morgan fingerprint density at radius 2 is 1.82 bits per heavy atom. The van der Waals surface area contributed by atoms with Crippen molar-refractivity contribution in [2.45, 2.75) is 26.2 Å². The molecule has 28 heavy (non-hydrogen) atoms. The molecule has 1 amide bonds. The molecule has 1 aromatic heterocycles. The van der Waals surface area contributed by atoms with Crippen LogP contribution in [0.2, 0.25) is 0 Å². The van der Waals surface area contributed by atoms with E-state index in [0.717, 1.165) is 40.7 Å². The van der Waals surface area contributed by atoms with Crippen LogP contribution in [0.4, 0.5) is 11.4 Å². The van der Waals surface area contributed by atoms with Gasteiger partial charge in [-0.2, -0.15) is 0 Å². The Kier molecular flexibility index (Phi) is 5.38. The van der Waals surface area contributed by atoms with Crippen LogP contribution in [-0.4, -0.2) is 24.0 Å². The van der Waals surface area contributed by atoms with E-state index in [0.29, 0.717) is 0 Å². The minimum Gasteiger partial charge on any atom is -0.372 e. The van der Waals surface area contributed by atoms with Gasteiger partial charge in [0.1, 0.15) is 0 Å². The van der Waals surface area contributed by atoms with Crippen molar-refractivity contribution in [1.82, 2.24) is 4.98 Å². The van der Waals surface area contributed by atoms with E-state index in [1.807, 2.05) is 31.2 Å². The van der Waals surface area contributed by atoms with Gasteiger partial charge in [0.15, 0.2) is 0 Å². The van der Waals surface area contributed by atoms with E-state index in [1.165, 1.54) is 24.9 Å². The molecule has 0 saturated carbocycles. The van der Waals surface area contributed by atoms with E-state index < -0.39 is 0 Å². The minimum atomic E-state index is -0.123. The summed E-state index contributed by atoms with van der Waals surface area (Å²) in [5.41, 5.74) is 4.09. The molecule has 4 heteroatoms. The van der Waals surface area contributed by atoms with Crippen molar-refractivity contribution in [3.8, 4) is 0 Å². The average molecular weight is 371 g/mol. The van der Waals surface area contributed by atoms with E-state index in [-0.39, 0.29) is 5.91 Å². The van der Waals surface area contributed by atoms with Crippen molar-refractivity contribution in [2.24, 2.45) is 0 Å². The Bertz CT molecular complexity index is 997. The number of amides is 1. The first-order chi connectivity index (χ1) is 13.7. The van der Waals surface area contributed by atoms with Crippen molar-refractivity contribution in [1.29, 1.82) is 0 Å². The highest BCUT2D eigenvalue weighted by Gasteiger charge is 2.11. The van der Waals surface area contributed by atoms with E-state index in [9.17, 15) is 4.79 Å². The zero-order valence-corrected chi connectivity index (χ0v) is 16.2. The van der Waals surface area contributed by atoms with Gasteiger partial charge in [0, 0.05) is 53.7 Å². The Labute approximate surface area is 165 Å². The standard InChI is InChI=1S/C24H25N3O/c1-18(19-8-10-21(11-9-19)27-14-3-2-4-15-27)16-24(28)26-23-7-5-6-20-17-25-13-12-22(20)23/h5-13,16-17H,2-4,14-15H2,1H3,(H,26,28)/b18-16+. The van der Waals surface area contributed by atoms with Crippen molar-refractivity contribution in [3.05, 3.63) is 72.6 Å². The highest BCUT2D eigenvalue weighted by molar-refractivity contribution is 6.08. The van der Waals surface area contributed by atoms with Crippen molar-refractivity contribution in [2.75, 3.05) is 23.3 Å². The Hall–Kier alpha value is -3.14. The van der Waals surface area contributed by atoms with Gasteiger partial charge in [-0.05, 0) is 61.6 Å². The zero-order valence-electron chi connectivity index (χ0n) is 16.2. The van der Waals surface area contributed by atoms with Gasteiger partial charge >= 0.3 is 0 Å². The Balaban J connectivity index is 1.47. The largest absolute Gasteiger partial charge is 0.372 e. The highest BCUT2D eigenvalue weighted by Crippen LogP contribution is 2.24. The molecule has 0 aliphatic carbocycles. The van der Waals surface area contributed by atoms with Gasteiger partial charge in [-0.1, -0.05) is 24.3 Å². The number of pyridine rings is 1. The van der Waals surface area contributed by atoms with E-state index in [2.05, 4.69) is 39.5 Å². The summed E-state index contributed by atoms with van der Waals surface area (Å²) >= 11 is 0. The lowest BCUT2D eigenvalue weighted by atomic mass is 10.0. The number of nitrogens with one attached hydrogen (secondary N) is 1. The molecular weight excluding hydrogens is 346 g/mol. The lowest BCUT2D eigenvalue weighted by Gasteiger charge is -2.28. The molecule has 3 aromatic rings. The smallest absolute Gasteiger partial charge is 0.248 e. The lowest BCUT2D eigenvalue weighted by Crippen LogP contribution is -2.29. The number of hydrogen-bond donors (Lipinski definition) is 1. The maximum atomic E-state index is 12.5. The summed E-state index contributed by atoms with van der Waals surface area (Å²) in [7, 11) is 0. The van der Waals surface area contributed by atoms with Crippen LogP contribution in [0.3, 0.4) is 0 Å². The van der Waals surface area contributed by atoms with Crippen molar-refractivity contribution < 1.29 is 4.79 Å². The number of allylic oxidation sites excluding steroid dienone is 1. The number of hydrogen-bond acceptors (Lipinski definition) is 3. The molecule has 4 nitrogen and oxygen atoms in total. The average Bonchev–Trinajstić information content (AvgIpc) is 2.75. The number of aromatic nitrogens is 1. The molecular formula is C24H25N3O. The Morgan fingerprint density at radius 1 is 1.04 bits per heavy atom. The molecule has 1 aliphatic rings. The number of carbonyl (C=O) groups excluding carboxylic acids is 1. The van der Waals surface area contributed by atoms with Crippen molar-refractivity contribution >= 4 is 33.6 Å². The molecule has 2 aromatic carbocycles. The molecule has 0 bridgehead atoms. The summed E-state index contributed by atoms with van der Waals surface area (Å²) in [6.45, 7) is 4.25.